The molecule has 2 aromatic rings. The molecule has 0 atom stereocenters. The van der Waals surface area contributed by atoms with E-state index in [9.17, 15) is 4.39 Å². The summed E-state index contributed by atoms with van der Waals surface area (Å²) in [4.78, 5) is 1.05. The lowest BCUT2D eigenvalue weighted by Crippen LogP contribution is -1.72. The van der Waals surface area contributed by atoms with Crippen LogP contribution in [0.4, 0.5) is 4.39 Å². The first-order valence-corrected chi connectivity index (χ1v) is 4.37. The molecule has 0 saturated carbocycles. The van der Waals surface area contributed by atoms with E-state index in [0.717, 1.165) is 16.3 Å². The molecule has 2 rings (SSSR count). The first-order chi connectivity index (χ1) is 5.66. The topological polar surface area (TPSA) is 20.2 Å². The minimum Gasteiger partial charge on any atom is -0.508 e. The quantitative estimate of drug-likeness (QED) is 0.663. The molecule has 0 amide bonds. The predicted molar refractivity (Wildman–Crippen MR) is 48.2 cm³/mol. The van der Waals surface area contributed by atoms with Crippen molar-refractivity contribution in [3.63, 3.8) is 0 Å². The van der Waals surface area contributed by atoms with Gasteiger partial charge >= 0.3 is 0 Å². The second-order valence-corrected chi connectivity index (χ2v) is 3.96. The Morgan fingerprint density at radius 2 is 2.08 bits per heavy atom. The lowest BCUT2D eigenvalue weighted by Gasteiger charge is -1.93. The van der Waals surface area contributed by atoms with Crippen LogP contribution in [0.3, 0.4) is 0 Å². The number of fused-ring (bicyclic) bond motifs is 1. The van der Waals surface area contributed by atoms with E-state index in [2.05, 4.69) is 0 Å². The van der Waals surface area contributed by atoms with E-state index < -0.39 is 0 Å². The summed E-state index contributed by atoms with van der Waals surface area (Å²) in [5.41, 5.74) is 0. The third-order valence-corrected chi connectivity index (χ3v) is 2.75. The SMILES string of the molecule is Cc1cc2cc(O)cc(F)c2s1. The summed E-state index contributed by atoms with van der Waals surface area (Å²) in [6.45, 7) is 1.92. The average Bonchev–Trinajstić information content (AvgIpc) is 2.29. The summed E-state index contributed by atoms with van der Waals surface area (Å²) in [6, 6.07) is 4.57. The van der Waals surface area contributed by atoms with Gasteiger partial charge in [0.1, 0.15) is 11.6 Å². The fourth-order valence-electron chi connectivity index (χ4n) is 1.22. The highest BCUT2D eigenvalue weighted by Gasteiger charge is 2.05. The molecule has 1 aromatic carbocycles. The van der Waals surface area contributed by atoms with Gasteiger partial charge in [-0.15, -0.1) is 11.3 Å². The van der Waals surface area contributed by atoms with Gasteiger partial charge in [0.15, 0.2) is 0 Å². The third-order valence-electron chi connectivity index (χ3n) is 1.68. The van der Waals surface area contributed by atoms with Crippen LogP contribution in [0.2, 0.25) is 0 Å². The number of rotatable bonds is 0. The molecular formula is C9H7FOS. The van der Waals surface area contributed by atoms with Crippen molar-refractivity contribution in [2.24, 2.45) is 0 Å². The molecule has 1 nitrogen and oxygen atoms in total. The van der Waals surface area contributed by atoms with Crippen LogP contribution in [0.1, 0.15) is 4.88 Å². The van der Waals surface area contributed by atoms with E-state index in [4.69, 9.17) is 5.11 Å². The molecule has 0 saturated heterocycles. The van der Waals surface area contributed by atoms with Gasteiger partial charge in [-0.25, -0.2) is 4.39 Å². The van der Waals surface area contributed by atoms with Crippen LogP contribution in [0.5, 0.6) is 5.75 Å². The Bertz CT molecular complexity index is 433. The minimum atomic E-state index is -0.344. The number of hydrogen-bond acceptors (Lipinski definition) is 2. The number of aromatic hydroxyl groups is 1. The monoisotopic (exact) mass is 182 g/mol. The smallest absolute Gasteiger partial charge is 0.144 e. The van der Waals surface area contributed by atoms with E-state index in [-0.39, 0.29) is 11.6 Å². The van der Waals surface area contributed by atoms with Crippen LogP contribution in [0, 0.1) is 12.7 Å². The van der Waals surface area contributed by atoms with Gasteiger partial charge in [-0.1, -0.05) is 0 Å². The van der Waals surface area contributed by atoms with Gasteiger partial charge < -0.3 is 5.11 Å². The van der Waals surface area contributed by atoms with Crippen molar-refractivity contribution < 1.29 is 9.50 Å². The number of hydrogen-bond donors (Lipinski definition) is 1. The van der Waals surface area contributed by atoms with Crippen molar-refractivity contribution in [3.05, 3.63) is 28.9 Å². The largest absolute Gasteiger partial charge is 0.508 e. The van der Waals surface area contributed by atoms with Crippen LogP contribution < -0.4 is 0 Å². The zero-order valence-electron chi connectivity index (χ0n) is 6.47. The Morgan fingerprint density at radius 3 is 2.83 bits per heavy atom. The number of phenols is 1. The molecule has 1 N–H and O–H groups in total. The highest BCUT2D eigenvalue weighted by Crippen LogP contribution is 2.30. The summed E-state index contributed by atoms with van der Waals surface area (Å²) in [7, 11) is 0. The van der Waals surface area contributed by atoms with Crippen molar-refractivity contribution in [3.8, 4) is 5.75 Å². The van der Waals surface area contributed by atoms with E-state index >= 15 is 0 Å². The van der Waals surface area contributed by atoms with Crippen LogP contribution in [-0.2, 0) is 0 Å². The molecule has 12 heavy (non-hydrogen) atoms. The van der Waals surface area contributed by atoms with Gasteiger partial charge in [-0.05, 0) is 24.4 Å². The van der Waals surface area contributed by atoms with E-state index in [1.165, 1.54) is 11.3 Å². The maximum Gasteiger partial charge on any atom is 0.144 e. The minimum absolute atomic E-state index is 0.0159. The third kappa shape index (κ3) is 1.06. The van der Waals surface area contributed by atoms with Gasteiger partial charge in [-0.3, -0.25) is 0 Å². The van der Waals surface area contributed by atoms with Crippen molar-refractivity contribution in [1.29, 1.82) is 0 Å². The Kier molecular flexibility index (Phi) is 1.54. The molecule has 0 unspecified atom stereocenters. The van der Waals surface area contributed by atoms with Crippen LogP contribution in [0.25, 0.3) is 10.1 Å². The van der Waals surface area contributed by atoms with E-state index in [0.29, 0.717) is 4.70 Å². The lowest BCUT2D eigenvalue weighted by molar-refractivity contribution is 0.471. The molecule has 1 heterocycles. The summed E-state index contributed by atoms with van der Waals surface area (Å²) >= 11 is 1.40. The fourth-order valence-corrected chi connectivity index (χ4v) is 2.12. The maximum absolute atomic E-state index is 13.1. The Morgan fingerprint density at radius 1 is 1.33 bits per heavy atom. The van der Waals surface area contributed by atoms with Crippen LogP contribution in [-0.4, -0.2) is 5.11 Å². The Hall–Kier alpha value is -1.09. The van der Waals surface area contributed by atoms with E-state index in [1.807, 2.05) is 13.0 Å². The molecule has 1 aromatic heterocycles. The summed E-state index contributed by atoms with van der Waals surface area (Å²) in [6.07, 6.45) is 0. The second kappa shape index (κ2) is 2.45. The number of thiophene rings is 1. The van der Waals surface area contributed by atoms with Crippen LogP contribution >= 0.6 is 11.3 Å². The summed E-state index contributed by atoms with van der Waals surface area (Å²) in [5, 5.41) is 9.86. The second-order valence-electron chi connectivity index (χ2n) is 2.70. The normalized spacial score (nSPS) is 10.8. The van der Waals surface area contributed by atoms with Gasteiger partial charge in [-0.2, -0.15) is 0 Å². The molecule has 3 heteroatoms. The zero-order chi connectivity index (χ0) is 8.72. The molecule has 0 aliphatic carbocycles. The number of benzene rings is 1. The van der Waals surface area contributed by atoms with Gasteiger partial charge in [0.05, 0.1) is 4.70 Å². The molecule has 0 spiro atoms. The van der Waals surface area contributed by atoms with Crippen LogP contribution in [0.15, 0.2) is 18.2 Å². The molecule has 0 aliphatic heterocycles. The van der Waals surface area contributed by atoms with Gasteiger partial charge in [0, 0.05) is 10.9 Å². The first-order valence-electron chi connectivity index (χ1n) is 3.55. The molecule has 0 aliphatic rings. The number of aryl methyl sites for hydroxylation is 1. The molecule has 0 bridgehead atoms. The van der Waals surface area contributed by atoms with Gasteiger partial charge in [0.25, 0.3) is 0 Å². The van der Waals surface area contributed by atoms with Crippen molar-refractivity contribution in [2.75, 3.05) is 0 Å². The molecule has 0 fully saturated rings. The maximum atomic E-state index is 13.1. The first kappa shape index (κ1) is 7.55. The number of halogens is 1. The van der Waals surface area contributed by atoms with Crippen molar-refractivity contribution in [1.82, 2.24) is 0 Å². The average molecular weight is 182 g/mol. The van der Waals surface area contributed by atoms with Crippen molar-refractivity contribution in [2.45, 2.75) is 6.92 Å². The molecular weight excluding hydrogens is 175 g/mol. The molecule has 62 valence electrons. The zero-order valence-corrected chi connectivity index (χ0v) is 7.28. The van der Waals surface area contributed by atoms with Gasteiger partial charge in [0.2, 0.25) is 0 Å². The van der Waals surface area contributed by atoms with Crippen molar-refractivity contribution >= 4 is 21.4 Å². The summed E-state index contributed by atoms with van der Waals surface area (Å²) in [5.74, 6) is -0.360. The summed E-state index contributed by atoms with van der Waals surface area (Å²) < 4.78 is 13.7. The Balaban J connectivity index is 2.88. The molecule has 0 radical (unpaired) electrons. The standard InChI is InChI=1S/C9H7FOS/c1-5-2-6-3-7(11)4-8(10)9(6)12-5/h2-4,11H,1H3. The number of phenolic OH excluding ortho intramolecular Hbond substituents is 1. The Labute approximate surface area is 73.1 Å². The predicted octanol–water partition coefficient (Wildman–Crippen LogP) is 3.05. The highest BCUT2D eigenvalue weighted by molar-refractivity contribution is 7.19. The van der Waals surface area contributed by atoms with E-state index in [1.54, 1.807) is 6.07 Å². The fraction of sp³-hybridized carbons (Fsp3) is 0.111. The highest BCUT2D eigenvalue weighted by atomic mass is 32.1. The lowest BCUT2D eigenvalue weighted by atomic mass is 10.2.